The Bertz CT molecular complexity index is 275. The van der Waals surface area contributed by atoms with Gasteiger partial charge in [0.15, 0.2) is 0 Å². The van der Waals surface area contributed by atoms with Crippen LogP contribution >= 0.6 is 11.3 Å². The number of thiazole rings is 1. The summed E-state index contributed by atoms with van der Waals surface area (Å²) in [6.45, 7) is 3.05. The highest BCUT2D eigenvalue weighted by Gasteiger charge is 2.00. The van der Waals surface area contributed by atoms with E-state index in [4.69, 9.17) is 4.74 Å². The van der Waals surface area contributed by atoms with E-state index in [1.165, 1.54) is 11.3 Å². The molecule has 1 N–H and O–H groups in total. The monoisotopic (exact) mass is 229 g/mol. The van der Waals surface area contributed by atoms with Crippen LogP contribution in [-0.4, -0.2) is 44.2 Å². The van der Waals surface area contributed by atoms with Gasteiger partial charge in [0.05, 0.1) is 7.11 Å². The maximum absolute atomic E-state index is 5.03. The number of nitrogens with zero attached hydrogens (tertiary/aromatic N) is 2. The Kier molecular flexibility index (Phi) is 5.60. The van der Waals surface area contributed by atoms with E-state index in [0.717, 1.165) is 24.8 Å². The summed E-state index contributed by atoms with van der Waals surface area (Å²) in [5, 5.41) is 4.12. The summed E-state index contributed by atoms with van der Waals surface area (Å²) in [6.07, 6.45) is 3.03. The van der Waals surface area contributed by atoms with Gasteiger partial charge >= 0.3 is 0 Å². The molecule has 0 aliphatic heterocycles. The van der Waals surface area contributed by atoms with E-state index < -0.39 is 0 Å². The molecule has 4 nitrogen and oxygen atoms in total. The molecule has 15 heavy (non-hydrogen) atoms. The molecule has 1 aromatic heterocycles. The predicted molar refractivity (Wildman–Crippen MR) is 63.5 cm³/mol. The molecule has 0 radical (unpaired) electrons. The summed E-state index contributed by atoms with van der Waals surface area (Å²) in [5.41, 5.74) is 0. The van der Waals surface area contributed by atoms with Gasteiger partial charge in [-0.25, -0.2) is 4.98 Å². The summed E-state index contributed by atoms with van der Waals surface area (Å²) in [7, 11) is 5.83. The lowest BCUT2D eigenvalue weighted by atomic mass is 10.4. The Morgan fingerprint density at radius 3 is 2.93 bits per heavy atom. The molecule has 0 amide bonds. The summed E-state index contributed by atoms with van der Waals surface area (Å²) < 4.78 is 5.03. The van der Waals surface area contributed by atoms with Crippen LogP contribution in [-0.2, 0) is 6.54 Å². The van der Waals surface area contributed by atoms with Crippen molar-refractivity contribution in [3.63, 3.8) is 0 Å². The maximum atomic E-state index is 5.03. The van der Waals surface area contributed by atoms with Crippen LogP contribution < -0.4 is 10.1 Å². The molecule has 5 heteroatoms. The fourth-order valence-electron chi connectivity index (χ4n) is 1.20. The molecule has 0 spiro atoms. The molecule has 86 valence electrons. The van der Waals surface area contributed by atoms with Crippen LogP contribution in [0.1, 0.15) is 11.3 Å². The second-order valence-corrected chi connectivity index (χ2v) is 4.71. The number of hydrogen-bond acceptors (Lipinski definition) is 5. The van der Waals surface area contributed by atoms with Gasteiger partial charge in [-0.05, 0) is 33.6 Å². The SMILES string of the molecule is COc1ncc(CNCCCN(C)C)s1. The number of ether oxygens (including phenoxy) is 1. The number of nitrogens with one attached hydrogen (secondary N) is 1. The van der Waals surface area contributed by atoms with Crippen LogP contribution in [0, 0.1) is 0 Å². The van der Waals surface area contributed by atoms with Crippen molar-refractivity contribution in [2.45, 2.75) is 13.0 Å². The fraction of sp³-hybridized carbons (Fsp3) is 0.700. The molecule has 0 aliphatic rings. The molecule has 0 unspecified atom stereocenters. The first kappa shape index (κ1) is 12.4. The summed E-state index contributed by atoms with van der Waals surface area (Å²) in [4.78, 5) is 7.52. The van der Waals surface area contributed by atoms with Crippen molar-refractivity contribution in [2.24, 2.45) is 0 Å². The normalized spacial score (nSPS) is 10.9. The molecule has 0 saturated carbocycles. The molecular formula is C10H19N3OS. The highest BCUT2D eigenvalue weighted by Crippen LogP contribution is 2.19. The molecule has 0 saturated heterocycles. The molecule has 0 bridgehead atoms. The van der Waals surface area contributed by atoms with E-state index in [1.807, 2.05) is 6.20 Å². The molecular weight excluding hydrogens is 210 g/mol. The van der Waals surface area contributed by atoms with Crippen molar-refractivity contribution >= 4 is 11.3 Å². The standard InChI is InChI=1S/C10H19N3OS/c1-13(2)6-4-5-11-7-9-8-12-10(14-3)15-9/h8,11H,4-7H2,1-3H3. The van der Waals surface area contributed by atoms with Gasteiger partial charge in [0.25, 0.3) is 5.19 Å². The molecule has 1 rings (SSSR count). The van der Waals surface area contributed by atoms with Gasteiger partial charge in [0.1, 0.15) is 0 Å². The van der Waals surface area contributed by atoms with Gasteiger partial charge in [-0.1, -0.05) is 11.3 Å². The molecule has 1 aromatic rings. The summed E-state index contributed by atoms with van der Waals surface area (Å²) in [6, 6.07) is 0. The number of hydrogen-bond donors (Lipinski definition) is 1. The van der Waals surface area contributed by atoms with Crippen molar-refractivity contribution in [2.75, 3.05) is 34.3 Å². The largest absolute Gasteiger partial charge is 0.473 e. The Morgan fingerprint density at radius 1 is 1.53 bits per heavy atom. The van der Waals surface area contributed by atoms with Crippen molar-refractivity contribution in [3.8, 4) is 5.19 Å². The van der Waals surface area contributed by atoms with Crippen LogP contribution in [0.4, 0.5) is 0 Å². The molecule has 0 fully saturated rings. The Balaban J connectivity index is 2.09. The van der Waals surface area contributed by atoms with Gasteiger partial charge in [-0.2, -0.15) is 0 Å². The number of rotatable bonds is 7. The minimum Gasteiger partial charge on any atom is -0.473 e. The van der Waals surface area contributed by atoms with Crippen LogP contribution in [0.3, 0.4) is 0 Å². The highest BCUT2D eigenvalue weighted by molar-refractivity contribution is 7.13. The maximum Gasteiger partial charge on any atom is 0.273 e. The first-order valence-electron chi connectivity index (χ1n) is 5.06. The zero-order valence-electron chi connectivity index (χ0n) is 9.62. The van der Waals surface area contributed by atoms with Crippen molar-refractivity contribution in [1.29, 1.82) is 0 Å². The van der Waals surface area contributed by atoms with Crippen molar-refractivity contribution in [1.82, 2.24) is 15.2 Å². The van der Waals surface area contributed by atoms with E-state index >= 15 is 0 Å². The summed E-state index contributed by atoms with van der Waals surface area (Å²) in [5.74, 6) is 0. The average Bonchev–Trinajstić information content (AvgIpc) is 2.65. The smallest absolute Gasteiger partial charge is 0.273 e. The molecule has 1 heterocycles. The highest BCUT2D eigenvalue weighted by atomic mass is 32.1. The van der Waals surface area contributed by atoms with Gasteiger partial charge < -0.3 is 15.0 Å². The third kappa shape index (κ3) is 5.11. The van der Waals surface area contributed by atoms with Crippen LogP contribution in [0.15, 0.2) is 6.20 Å². The van der Waals surface area contributed by atoms with Crippen LogP contribution in [0.2, 0.25) is 0 Å². The topological polar surface area (TPSA) is 37.4 Å². The van der Waals surface area contributed by atoms with Crippen LogP contribution in [0.25, 0.3) is 0 Å². The lowest BCUT2D eigenvalue weighted by Crippen LogP contribution is -2.20. The number of aromatic nitrogens is 1. The minimum absolute atomic E-state index is 0.736. The third-order valence-electron chi connectivity index (χ3n) is 1.97. The van der Waals surface area contributed by atoms with E-state index in [9.17, 15) is 0 Å². The number of methoxy groups -OCH3 is 1. The van der Waals surface area contributed by atoms with Gasteiger partial charge in [0.2, 0.25) is 0 Å². The molecule has 0 aliphatic carbocycles. The third-order valence-corrected chi connectivity index (χ3v) is 2.92. The van der Waals surface area contributed by atoms with E-state index in [1.54, 1.807) is 18.4 Å². The van der Waals surface area contributed by atoms with Gasteiger partial charge in [-0.15, -0.1) is 0 Å². The van der Waals surface area contributed by atoms with Gasteiger partial charge in [-0.3, -0.25) is 0 Å². The quantitative estimate of drug-likeness (QED) is 0.713. The van der Waals surface area contributed by atoms with E-state index in [0.29, 0.717) is 0 Å². The van der Waals surface area contributed by atoms with E-state index in [-0.39, 0.29) is 0 Å². The lowest BCUT2D eigenvalue weighted by Gasteiger charge is -2.08. The van der Waals surface area contributed by atoms with Crippen molar-refractivity contribution < 1.29 is 4.74 Å². The Labute approximate surface area is 95.3 Å². The zero-order valence-corrected chi connectivity index (χ0v) is 10.4. The minimum atomic E-state index is 0.736. The zero-order chi connectivity index (χ0) is 11.1. The first-order valence-corrected chi connectivity index (χ1v) is 5.88. The van der Waals surface area contributed by atoms with Crippen molar-refractivity contribution in [3.05, 3.63) is 11.1 Å². The average molecular weight is 229 g/mol. The second kappa shape index (κ2) is 6.76. The molecule has 0 aromatic carbocycles. The van der Waals surface area contributed by atoms with Crippen LogP contribution in [0.5, 0.6) is 5.19 Å². The lowest BCUT2D eigenvalue weighted by molar-refractivity contribution is 0.394. The second-order valence-electron chi connectivity index (χ2n) is 3.63. The van der Waals surface area contributed by atoms with E-state index in [2.05, 4.69) is 29.3 Å². The Hall–Kier alpha value is -0.650. The summed E-state index contributed by atoms with van der Waals surface area (Å²) >= 11 is 1.59. The Morgan fingerprint density at radius 2 is 2.33 bits per heavy atom. The first-order chi connectivity index (χ1) is 7.22. The molecule has 0 atom stereocenters. The van der Waals surface area contributed by atoms with Gasteiger partial charge in [0, 0.05) is 17.6 Å². The predicted octanol–water partition coefficient (Wildman–Crippen LogP) is 1.19. The fourth-order valence-corrected chi connectivity index (χ4v) is 1.89.